The van der Waals surface area contributed by atoms with Gasteiger partial charge in [0.1, 0.15) is 29.5 Å². The summed E-state index contributed by atoms with van der Waals surface area (Å²) in [5.74, 6) is -0.782. The Balaban J connectivity index is 1.70. The summed E-state index contributed by atoms with van der Waals surface area (Å²) in [6.45, 7) is 1.82. The SMILES string of the molecule is COc1cc(F)cc(F)c1CNc1ccc(-c2cnc(S(C)(=O)=O)cc2C)c2nncn12. The molecule has 1 aromatic carbocycles. The van der Waals surface area contributed by atoms with E-state index < -0.39 is 21.5 Å². The molecule has 0 spiro atoms. The second-order valence-electron chi connectivity index (χ2n) is 7.19. The van der Waals surface area contributed by atoms with Crippen molar-refractivity contribution in [3.8, 4) is 16.9 Å². The van der Waals surface area contributed by atoms with Crippen molar-refractivity contribution < 1.29 is 21.9 Å². The number of methoxy groups -OCH3 is 1. The highest BCUT2D eigenvalue weighted by Gasteiger charge is 2.17. The van der Waals surface area contributed by atoms with Gasteiger partial charge < -0.3 is 10.1 Å². The lowest BCUT2D eigenvalue weighted by Crippen LogP contribution is -2.08. The third kappa shape index (κ3) is 3.98. The number of hydrogen-bond acceptors (Lipinski definition) is 7. The minimum absolute atomic E-state index is 0.00945. The Morgan fingerprint density at radius 3 is 2.62 bits per heavy atom. The second kappa shape index (κ2) is 8.15. The molecule has 0 atom stereocenters. The van der Waals surface area contributed by atoms with Gasteiger partial charge in [0.05, 0.1) is 7.11 Å². The number of nitrogens with one attached hydrogen (secondary N) is 1. The molecule has 0 amide bonds. The Bertz CT molecular complexity index is 1440. The fourth-order valence-electron chi connectivity index (χ4n) is 3.39. The molecule has 1 N–H and O–H groups in total. The van der Waals surface area contributed by atoms with E-state index in [0.717, 1.165) is 18.4 Å². The maximum absolute atomic E-state index is 14.3. The van der Waals surface area contributed by atoms with E-state index in [1.807, 2.05) is 0 Å². The van der Waals surface area contributed by atoms with E-state index >= 15 is 0 Å². The first kappa shape index (κ1) is 21.6. The van der Waals surface area contributed by atoms with Crippen molar-refractivity contribution in [2.24, 2.45) is 0 Å². The summed E-state index contributed by atoms with van der Waals surface area (Å²) < 4.78 is 58.0. The third-order valence-electron chi connectivity index (χ3n) is 5.00. The molecule has 4 aromatic rings. The summed E-state index contributed by atoms with van der Waals surface area (Å²) >= 11 is 0. The second-order valence-corrected chi connectivity index (χ2v) is 9.15. The highest BCUT2D eigenvalue weighted by molar-refractivity contribution is 7.90. The van der Waals surface area contributed by atoms with Gasteiger partial charge in [0.25, 0.3) is 0 Å². The molecule has 0 aliphatic rings. The minimum atomic E-state index is -3.43. The van der Waals surface area contributed by atoms with Crippen LogP contribution in [0.4, 0.5) is 14.6 Å². The van der Waals surface area contributed by atoms with E-state index in [2.05, 4.69) is 20.5 Å². The summed E-state index contributed by atoms with van der Waals surface area (Å²) in [6, 6.07) is 6.96. The van der Waals surface area contributed by atoms with Gasteiger partial charge in [-0.05, 0) is 30.7 Å². The number of fused-ring (bicyclic) bond motifs is 1. The largest absolute Gasteiger partial charge is 0.496 e. The van der Waals surface area contributed by atoms with Crippen LogP contribution in [0.2, 0.25) is 0 Å². The molecule has 3 heterocycles. The van der Waals surface area contributed by atoms with Gasteiger partial charge in [-0.3, -0.25) is 4.40 Å². The maximum Gasteiger partial charge on any atom is 0.192 e. The van der Waals surface area contributed by atoms with Crippen molar-refractivity contribution in [1.29, 1.82) is 0 Å². The predicted molar refractivity (Wildman–Crippen MR) is 114 cm³/mol. The summed E-state index contributed by atoms with van der Waals surface area (Å²) in [4.78, 5) is 4.07. The lowest BCUT2D eigenvalue weighted by molar-refractivity contribution is 0.400. The van der Waals surface area contributed by atoms with Crippen molar-refractivity contribution in [3.63, 3.8) is 0 Å². The van der Waals surface area contributed by atoms with E-state index in [1.165, 1.54) is 25.7 Å². The topological polar surface area (TPSA) is 98.5 Å². The Morgan fingerprint density at radius 2 is 1.94 bits per heavy atom. The fraction of sp³-hybridized carbons (Fsp3) is 0.190. The standard InChI is InChI=1S/C21H19F2N5O3S/c1-12-6-20(32(3,29)30)25-9-15(12)14-4-5-19(28-11-26-27-21(14)28)24-10-16-17(23)7-13(22)8-18(16)31-2/h4-9,11,24H,10H2,1-3H3. The summed E-state index contributed by atoms with van der Waals surface area (Å²) in [6.07, 6.45) is 4.08. The molecule has 32 heavy (non-hydrogen) atoms. The Kier molecular flexibility index (Phi) is 5.51. The van der Waals surface area contributed by atoms with Crippen molar-refractivity contribution in [3.05, 3.63) is 65.6 Å². The molecule has 0 unspecified atom stereocenters. The number of aromatic nitrogens is 4. The first-order valence-corrected chi connectivity index (χ1v) is 11.3. The van der Waals surface area contributed by atoms with E-state index in [0.29, 0.717) is 28.2 Å². The molecule has 3 aromatic heterocycles. The van der Waals surface area contributed by atoms with Gasteiger partial charge in [0.2, 0.25) is 0 Å². The summed E-state index contributed by atoms with van der Waals surface area (Å²) in [7, 11) is -2.08. The van der Waals surface area contributed by atoms with E-state index in [4.69, 9.17) is 4.74 Å². The molecule has 8 nitrogen and oxygen atoms in total. The van der Waals surface area contributed by atoms with Gasteiger partial charge in [0, 0.05) is 47.8 Å². The zero-order valence-corrected chi connectivity index (χ0v) is 18.2. The zero-order chi connectivity index (χ0) is 23.0. The molecule has 0 bridgehead atoms. The number of rotatable bonds is 6. The van der Waals surface area contributed by atoms with Crippen LogP contribution in [0.1, 0.15) is 11.1 Å². The quantitative estimate of drug-likeness (QED) is 0.472. The molecule has 0 saturated heterocycles. The molecule has 166 valence electrons. The lowest BCUT2D eigenvalue weighted by Gasteiger charge is -2.14. The van der Waals surface area contributed by atoms with Gasteiger partial charge in [0.15, 0.2) is 20.5 Å². The zero-order valence-electron chi connectivity index (χ0n) is 17.4. The normalized spacial score (nSPS) is 11.7. The molecule has 0 aliphatic heterocycles. The molecular formula is C21H19F2N5O3S. The van der Waals surface area contributed by atoms with Crippen LogP contribution in [0.25, 0.3) is 16.8 Å². The number of nitrogens with zero attached hydrogens (tertiary/aromatic N) is 4. The smallest absolute Gasteiger partial charge is 0.192 e. The Labute approximate surface area is 182 Å². The van der Waals surface area contributed by atoms with Crippen LogP contribution in [0, 0.1) is 18.6 Å². The summed E-state index contributed by atoms with van der Waals surface area (Å²) in [5, 5.41) is 11.2. The van der Waals surface area contributed by atoms with Crippen LogP contribution in [0.5, 0.6) is 5.75 Å². The average molecular weight is 459 g/mol. The van der Waals surface area contributed by atoms with Crippen LogP contribution in [0.3, 0.4) is 0 Å². The molecule has 0 fully saturated rings. The average Bonchev–Trinajstić information content (AvgIpc) is 3.22. The first-order valence-electron chi connectivity index (χ1n) is 9.44. The first-order chi connectivity index (χ1) is 15.2. The van der Waals surface area contributed by atoms with Crippen LogP contribution >= 0.6 is 0 Å². The van der Waals surface area contributed by atoms with Gasteiger partial charge in [-0.25, -0.2) is 22.2 Å². The number of hydrogen-bond donors (Lipinski definition) is 1. The lowest BCUT2D eigenvalue weighted by atomic mass is 10.0. The van der Waals surface area contributed by atoms with Crippen LogP contribution in [0.15, 0.2) is 47.9 Å². The fourth-order valence-corrected chi connectivity index (χ4v) is 4.03. The van der Waals surface area contributed by atoms with Crippen LogP contribution in [-0.4, -0.2) is 41.4 Å². The number of pyridine rings is 2. The maximum atomic E-state index is 14.3. The van der Waals surface area contributed by atoms with Gasteiger partial charge in [-0.2, -0.15) is 0 Å². The molecule has 4 rings (SSSR count). The number of aryl methyl sites for hydroxylation is 1. The van der Waals surface area contributed by atoms with Crippen molar-refractivity contribution in [1.82, 2.24) is 19.6 Å². The Hall–Kier alpha value is -3.60. The van der Waals surface area contributed by atoms with Crippen molar-refractivity contribution >= 4 is 21.3 Å². The molecular weight excluding hydrogens is 440 g/mol. The van der Waals surface area contributed by atoms with E-state index in [9.17, 15) is 17.2 Å². The monoisotopic (exact) mass is 459 g/mol. The predicted octanol–water partition coefficient (Wildman–Crippen LogP) is 3.40. The number of halogens is 2. The molecule has 0 aliphatic carbocycles. The highest BCUT2D eigenvalue weighted by atomic mass is 32.2. The molecule has 11 heteroatoms. The number of sulfone groups is 1. The van der Waals surface area contributed by atoms with Gasteiger partial charge in [-0.15, -0.1) is 10.2 Å². The van der Waals surface area contributed by atoms with Gasteiger partial charge in [-0.1, -0.05) is 0 Å². The molecule has 0 radical (unpaired) electrons. The summed E-state index contributed by atoms with van der Waals surface area (Å²) in [5.41, 5.74) is 2.79. The number of ether oxygens (including phenoxy) is 1. The van der Waals surface area contributed by atoms with Crippen molar-refractivity contribution in [2.45, 2.75) is 18.5 Å². The Morgan fingerprint density at radius 1 is 1.16 bits per heavy atom. The number of anilines is 1. The molecule has 0 saturated carbocycles. The van der Waals surface area contributed by atoms with E-state index in [-0.39, 0.29) is 22.9 Å². The number of benzene rings is 1. The van der Waals surface area contributed by atoms with E-state index in [1.54, 1.807) is 23.5 Å². The van der Waals surface area contributed by atoms with Crippen LogP contribution < -0.4 is 10.1 Å². The highest BCUT2D eigenvalue weighted by Crippen LogP contribution is 2.30. The minimum Gasteiger partial charge on any atom is -0.496 e. The third-order valence-corrected chi connectivity index (χ3v) is 5.98. The van der Waals surface area contributed by atoms with Crippen LogP contribution in [-0.2, 0) is 16.4 Å². The van der Waals surface area contributed by atoms with Crippen molar-refractivity contribution in [2.75, 3.05) is 18.7 Å². The van der Waals surface area contributed by atoms with Gasteiger partial charge >= 0.3 is 0 Å².